The van der Waals surface area contributed by atoms with E-state index in [1.165, 1.54) is 12.5 Å². The van der Waals surface area contributed by atoms with E-state index in [9.17, 15) is 4.79 Å². The molecule has 1 aliphatic rings. The third kappa shape index (κ3) is 4.31. The van der Waals surface area contributed by atoms with Gasteiger partial charge < -0.3 is 24.8 Å². The molecule has 1 fully saturated rings. The third-order valence-electron chi connectivity index (χ3n) is 6.33. The summed E-state index contributed by atoms with van der Waals surface area (Å²) in [6, 6.07) is 23.6. The van der Waals surface area contributed by atoms with Crippen LogP contribution >= 0.6 is 12.2 Å². The van der Waals surface area contributed by atoms with Crippen LogP contribution in [0.25, 0.3) is 5.69 Å². The average Bonchev–Trinajstić information content (AvgIpc) is 3.48. The molecule has 8 heteroatoms. The zero-order valence-corrected chi connectivity index (χ0v) is 21.1. The second-order valence-corrected chi connectivity index (χ2v) is 9.04. The summed E-state index contributed by atoms with van der Waals surface area (Å²) in [5.41, 5.74) is 5.63. The topological polar surface area (TPSA) is 71.4 Å². The predicted octanol–water partition coefficient (Wildman–Crippen LogP) is 5.32. The normalized spacial score (nSPS) is 17.1. The molecule has 2 N–H and O–H groups in total. The first-order valence-corrected chi connectivity index (χ1v) is 12.1. The van der Waals surface area contributed by atoms with E-state index < -0.39 is 0 Å². The van der Waals surface area contributed by atoms with Gasteiger partial charge >= 0.3 is 0 Å². The van der Waals surface area contributed by atoms with Crippen LogP contribution in [0.1, 0.15) is 36.0 Å². The molecule has 1 saturated heterocycles. The summed E-state index contributed by atoms with van der Waals surface area (Å²) < 4.78 is 7.68. The van der Waals surface area contributed by atoms with Gasteiger partial charge in [-0.1, -0.05) is 24.3 Å². The number of pyridine rings is 1. The van der Waals surface area contributed by atoms with Crippen molar-refractivity contribution in [2.45, 2.75) is 25.9 Å². The van der Waals surface area contributed by atoms with E-state index in [0.29, 0.717) is 16.5 Å². The monoisotopic (exact) mass is 497 g/mol. The van der Waals surface area contributed by atoms with E-state index >= 15 is 0 Å². The van der Waals surface area contributed by atoms with Gasteiger partial charge in [-0.05, 0) is 73.2 Å². The van der Waals surface area contributed by atoms with Gasteiger partial charge in [0.25, 0.3) is 0 Å². The molecule has 2 aromatic carbocycles. The Labute approximate surface area is 215 Å². The minimum Gasteiger partial charge on any atom is -0.495 e. The summed E-state index contributed by atoms with van der Waals surface area (Å²) in [7, 11) is 1.58. The Hall–Kier alpha value is -4.17. The summed E-state index contributed by atoms with van der Waals surface area (Å²) in [5.74, 6) is 0.400. The number of aromatic nitrogens is 2. The quantitative estimate of drug-likeness (QED) is 0.351. The molecular formula is C28H27N5O2S. The third-order valence-corrected chi connectivity index (χ3v) is 6.64. The summed E-state index contributed by atoms with van der Waals surface area (Å²) in [6.45, 7) is 3.58. The lowest BCUT2D eigenvalue weighted by Crippen LogP contribution is -2.30. The number of thiocarbonyl (C=S) groups is 1. The number of ether oxygens (including phenoxy) is 1. The van der Waals surface area contributed by atoms with E-state index in [1.54, 1.807) is 13.3 Å². The van der Waals surface area contributed by atoms with Gasteiger partial charge in [-0.15, -0.1) is 0 Å². The zero-order chi connectivity index (χ0) is 25.2. The van der Waals surface area contributed by atoms with Crippen LogP contribution in [0.4, 0.5) is 11.4 Å². The molecule has 2 aromatic heterocycles. The second-order valence-electron chi connectivity index (χ2n) is 8.65. The molecule has 36 heavy (non-hydrogen) atoms. The minimum absolute atomic E-state index is 0.177. The van der Waals surface area contributed by atoms with Gasteiger partial charge in [-0.3, -0.25) is 9.78 Å². The highest BCUT2D eigenvalue weighted by molar-refractivity contribution is 7.80. The Kier molecular flexibility index (Phi) is 6.43. The van der Waals surface area contributed by atoms with E-state index in [2.05, 4.69) is 56.4 Å². The van der Waals surface area contributed by atoms with Crippen molar-refractivity contribution < 1.29 is 9.53 Å². The largest absolute Gasteiger partial charge is 0.495 e. The number of nitrogens with zero attached hydrogens (tertiary/aromatic N) is 3. The molecule has 3 heterocycles. The van der Waals surface area contributed by atoms with Gasteiger partial charge in [0.2, 0.25) is 5.91 Å². The number of rotatable bonds is 6. The second kappa shape index (κ2) is 9.83. The van der Waals surface area contributed by atoms with Crippen molar-refractivity contribution in [3.8, 4) is 11.4 Å². The predicted molar refractivity (Wildman–Crippen MR) is 146 cm³/mol. The van der Waals surface area contributed by atoms with Crippen molar-refractivity contribution >= 4 is 34.6 Å². The first kappa shape index (κ1) is 23.6. The highest BCUT2D eigenvalue weighted by Gasteiger charge is 2.42. The van der Waals surface area contributed by atoms with Crippen LogP contribution in [0, 0.1) is 6.92 Å². The van der Waals surface area contributed by atoms with Gasteiger partial charge in [0.15, 0.2) is 5.11 Å². The van der Waals surface area contributed by atoms with Gasteiger partial charge in [-0.25, -0.2) is 0 Å². The molecule has 0 radical (unpaired) electrons. The molecule has 7 nitrogen and oxygen atoms in total. The Morgan fingerprint density at radius 1 is 1.08 bits per heavy atom. The number of carbonyl (C=O) groups excluding carboxylic acids is 1. The molecule has 4 aromatic rings. The number of benzene rings is 2. The molecule has 5 rings (SSSR count). The van der Waals surface area contributed by atoms with Gasteiger partial charge in [0.05, 0.1) is 24.5 Å². The number of hydrogen-bond acceptors (Lipinski definition) is 4. The maximum Gasteiger partial charge on any atom is 0.221 e. The van der Waals surface area contributed by atoms with Crippen molar-refractivity contribution in [3.05, 3.63) is 102 Å². The van der Waals surface area contributed by atoms with E-state index in [0.717, 1.165) is 22.8 Å². The lowest BCUT2D eigenvalue weighted by atomic mass is 10.0. The fraction of sp³-hybridized carbons (Fsp3) is 0.179. The molecular weight excluding hydrogens is 470 g/mol. The van der Waals surface area contributed by atoms with Crippen LogP contribution in [0.15, 0.2) is 85.2 Å². The Morgan fingerprint density at radius 2 is 1.89 bits per heavy atom. The molecule has 2 atom stereocenters. The first-order chi connectivity index (χ1) is 17.5. The SMILES string of the molecule is COc1ccc(N2C(=S)N[C@H](c3ccccn3)[C@H]2c2cccn2-c2ccccc2C)cc1NC(C)=O. The summed E-state index contributed by atoms with van der Waals surface area (Å²) in [6.07, 6.45) is 3.87. The van der Waals surface area contributed by atoms with Crippen molar-refractivity contribution in [1.29, 1.82) is 0 Å². The van der Waals surface area contributed by atoms with Gasteiger partial charge in [-0.2, -0.15) is 0 Å². The van der Waals surface area contributed by atoms with Gasteiger partial charge in [0.1, 0.15) is 11.8 Å². The van der Waals surface area contributed by atoms with Crippen LogP contribution < -0.4 is 20.3 Å². The average molecular weight is 498 g/mol. The van der Waals surface area contributed by atoms with E-state index in [-0.39, 0.29) is 18.0 Å². The molecule has 1 aliphatic heterocycles. The fourth-order valence-corrected chi connectivity index (χ4v) is 5.10. The number of anilines is 2. The Morgan fingerprint density at radius 3 is 2.61 bits per heavy atom. The van der Waals surface area contributed by atoms with Crippen LogP contribution in [0.5, 0.6) is 5.75 Å². The number of methoxy groups -OCH3 is 1. The van der Waals surface area contributed by atoms with Crippen LogP contribution in [0.3, 0.4) is 0 Å². The first-order valence-electron chi connectivity index (χ1n) is 11.7. The maximum atomic E-state index is 11.9. The standard InChI is InChI=1S/C28H27N5O2S/c1-18-9-4-5-11-23(18)32-16-8-12-24(32)27-26(21-10-6-7-15-29-21)31-28(36)33(27)20-13-14-25(35-3)22(17-20)30-19(2)34/h4-17,26-27H,1-3H3,(H,30,34)(H,31,36)/t26-,27-/m1/s1. The van der Waals surface area contributed by atoms with Crippen molar-refractivity contribution in [1.82, 2.24) is 14.9 Å². The van der Waals surface area contributed by atoms with E-state index in [1.807, 2.05) is 54.6 Å². The highest BCUT2D eigenvalue weighted by Crippen LogP contribution is 2.44. The lowest BCUT2D eigenvalue weighted by molar-refractivity contribution is -0.114. The molecule has 0 aliphatic carbocycles. The lowest BCUT2D eigenvalue weighted by Gasteiger charge is -2.29. The van der Waals surface area contributed by atoms with Crippen LogP contribution in [-0.2, 0) is 4.79 Å². The highest BCUT2D eigenvalue weighted by atomic mass is 32.1. The Balaban J connectivity index is 1.67. The van der Waals surface area contributed by atoms with Crippen LogP contribution in [0.2, 0.25) is 0 Å². The van der Waals surface area contributed by atoms with Gasteiger partial charge in [0, 0.05) is 36.4 Å². The molecule has 182 valence electrons. The summed E-state index contributed by atoms with van der Waals surface area (Å²) >= 11 is 5.89. The maximum absolute atomic E-state index is 11.9. The summed E-state index contributed by atoms with van der Waals surface area (Å²) in [4.78, 5) is 18.6. The number of carbonyl (C=O) groups is 1. The zero-order valence-electron chi connectivity index (χ0n) is 20.3. The molecule has 0 bridgehead atoms. The number of nitrogens with one attached hydrogen (secondary N) is 2. The molecule has 0 unspecified atom stereocenters. The molecule has 0 spiro atoms. The van der Waals surface area contributed by atoms with Crippen molar-refractivity contribution in [3.63, 3.8) is 0 Å². The number of aryl methyl sites for hydroxylation is 1. The minimum atomic E-state index is -0.208. The number of hydrogen-bond donors (Lipinski definition) is 2. The summed E-state index contributed by atoms with van der Waals surface area (Å²) in [5, 5.41) is 6.95. The molecule has 0 saturated carbocycles. The van der Waals surface area contributed by atoms with Crippen LogP contribution in [-0.4, -0.2) is 27.7 Å². The van der Waals surface area contributed by atoms with Crippen molar-refractivity contribution in [2.24, 2.45) is 0 Å². The Bertz CT molecular complexity index is 1420. The van der Waals surface area contributed by atoms with Crippen molar-refractivity contribution in [2.75, 3.05) is 17.3 Å². The fourth-order valence-electron chi connectivity index (χ4n) is 4.75. The number of amides is 1. The van der Waals surface area contributed by atoms with E-state index in [4.69, 9.17) is 17.0 Å². The number of para-hydroxylation sites is 1. The smallest absolute Gasteiger partial charge is 0.221 e. The molecule has 1 amide bonds.